The van der Waals surface area contributed by atoms with E-state index in [4.69, 9.17) is 77.0 Å². The van der Waals surface area contributed by atoms with Crippen molar-refractivity contribution in [1.82, 2.24) is 0 Å². The number of rotatable bonds is 0. The van der Waals surface area contributed by atoms with Crippen molar-refractivity contribution in [3.05, 3.63) is 0 Å². The molecular formula is Fe3Mn3O16P4. The molecule has 26 heavy (non-hydrogen) atoms. The predicted octanol–water partition coefficient (Wildman–Crippen LogP) is -11.3. The average molecular weight is 712 g/mol. The number of hydrogen-bond acceptors (Lipinski definition) is 16. The molecule has 0 amide bonds. The molecule has 0 rings (SSSR count). The van der Waals surface area contributed by atoms with Crippen molar-refractivity contribution in [2.45, 2.75) is 0 Å². The van der Waals surface area contributed by atoms with Gasteiger partial charge in [0.2, 0.25) is 0 Å². The summed E-state index contributed by atoms with van der Waals surface area (Å²) in [6.07, 6.45) is 0. The van der Waals surface area contributed by atoms with Gasteiger partial charge in [0.05, 0.1) is 0 Å². The Morgan fingerprint density at radius 3 is 0.308 bits per heavy atom. The average Bonchev–Trinajstić information content (AvgIpc) is 1.62. The fraction of sp³-hybridized carbons (Fsp3) is 0. The molecule has 0 aliphatic heterocycles. The van der Waals surface area contributed by atoms with E-state index in [1.165, 1.54) is 0 Å². The molecule has 0 aliphatic rings. The Bertz CT molecular complexity index is 305. The maximum absolute atomic E-state index is 8.55. The predicted molar refractivity (Wildman–Crippen MR) is 30.4 cm³/mol. The molecule has 0 spiro atoms. The third-order valence-corrected chi connectivity index (χ3v) is 0. The Morgan fingerprint density at radius 2 is 0.308 bits per heavy atom. The first-order valence-electron chi connectivity index (χ1n) is 2.92. The second kappa shape index (κ2) is 28.6. The molecule has 0 saturated carbocycles. The zero-order chi connectivity index (χ0) is 18.0. The van der Waals surface area contributed by atoms with E-state index in [0.29, 0.717) is 0 Å². The van der Waals surface area contributed by atoms with Crippen molar-refractivity contribution in [2.24, 2.45) is 0 Å². The Kier molecular flexibility index (Phi) is 69.2. The summed E-state index contributed by atoms with van der Waals surface area (Å²) >= 11 is 0. The van der Waals surface area contributed by atoms with Crippen LogP contribution in [0.4, 0.5) is 0 Å². The molecule has 0 aromatic heterocycles. The van der Waals surface area contributed by atoms with Gasteiger partial charge in [-0.1, -0.05) is 0 Å². The van der Waals surface area contributed by atoms with Gasteiger partial charge in [0, 0.05) is 0 Å². The maximum atomic E-state index is 8.55. The molecule has 0 saturated heterocycles. The van der Waals surface area contributed by atoms with E-state index in [-0.39, 0.29) is 102 Å². The minimum atomic E-state index is -5.39. The van der Waals surface area contributed by atoms with Crippen LogP contribution in [0.3, 0.4) is 0 Å². The largest absolute Gasteiger partial charge is 2.00 e. The molecule has 3 radical (unpaired) electrons. The van der Waals surface area contributed by atoms with E-state index >= 15 is 0 Å². The molecule has 0 fully saturated rings. The first kappa shape index (κ1) is 63.0. The van der Waals surface area contributed by atoms with Gasteiger partial charge in [-0.2, -0.15) is 31.3 Å². The van der Waals surface area contributed by atoms with E-state index < -0.39 is 31.3 Å². The zero-order valence-electron chi connectivity index (χ0n) is 10.5. The molecule has 0 unspecified atom stereocenters. The van der Waals surface area contributed by atoms with E-state index in [1.807, 2.05) is 0 Å². The van der Waals surface area contributed by atoms with E-state index in [2.05, 4.69) is 0 Å². The van der Waals surface area contributed by atoms with Crippen LogP contribution in [0, 0.1) is 0 Å². The molecule has 0 heterocycles. The van der Waals surface area contributed by atoms with Gasteiger partial charge >= 0.3 is 102 Å². The van der Waals surface area contributed by atoms with E-state index in [1.54, 1.807) is 0 Å². The normalized spacial score (nSPS) is 9.08. The summed E-state index contributed by atoms with van der Waals surface area (Å²) in [5, 5.41) is 0. The van der Waals surface area contributed by atoms with Gasteiger partial charge in [-0.15, -0.1) is 0 Å². The molecule has 0 aromatic carbocycles. The van der Waals surface area contributed by atoms with Crippen molar-refractivity contribution in [3.63, 3.8) is 0 Å². The number of hydrogen-bond donors (Lipinski definition) is 0. The Labute approximate surface area is 209 Å². The molecule has 0 aromatic rings. The quantitative estimate of drug-likeness (QED) is 0.166. The van der Waals surface area contributed by atoms with Crippen LogP contribution in [0.5, 0.6) is 0 Å². The Balaban J connectivity index is -0.0000000152. The van der Waals surface area contributed by atoms with Gasteiger partial charge in [-0.3, -0.25) is 0 Å². The summed E-state index contributed by atoms with van der Waals surface area (Å²) in [6, 6.07) is 0. The molecule has 0 aliphatic carbocycles. The minimum Gasteiger partial charge on any atom is -0.822 e. The SMILES string of the molecule is O=P([O-])([O-])[O-].O=P([O-])([O-])[O-].O=P([O-])([O-])[O-].O=P([O-])([O-])[O-].[Fe+2].[Fe+2].[Fe+2].[Mn+2].[Mn+2].[Mn+2]. The smallest absolute Gasteiger partial charge is 0.822 e. The van der Waals surface area contributed by atoms with Crippen molar-refractivity contribution in [1.29, 1.82) is 0 Å². The summed E-state index contributed by atoms with van der Waals surface area (Å²) in [4.78, 5) is 103. The third kappa shape index (κ3) is 1540. The topological polar surface area (TPSA) is 345 Å². The Hall–Kier alpha value is 3.56. The van der Waals surface area contributed by atoms with Crippen LogP contribution in [0.25, 0.3) is 0 Å². The first-order valence-corrected chi connectivity index (χ1v) is 8.76. The van der Waals surface area contributed by atoms with Crippen LogP contribution >= 0.6 is 31.3 Å². The second-order valence-corrected chi connectivity index (χ2v) is 5.37. The molecular weight excluding hydrogens is 712 g/mol. The number of phosphoric acid groups is 4. The maximum Gasteiger partial charge on any atom is 2.00 e. The minimum absolute atomic E-state index is 0. The molecule has 0 N–H and O–H groups in total. The molecule has 0 atom stereocenters. The fourth-order valence-corrected chi connectivity index (χ4v) is 0. The monoisotopic (exact) mass is 712 g/mol. The third-order valence-electron chi connectivity index (χ3n) is 0. The van der Waals surface area contributed by atoms with Crippen LogP contribution in [0.1, 0.15) is 0 Å². The molecule has 16 nitrogen and oxygen atoms in total. The zero-order valence-corrected chi connectivity index (χ0v) is 20.9. The van der Waals surface area contributed by atoms with Gasteiger partial charge in [-0.25, -0.2) is 0 Å². The molecule has 161 valence electrons. The van der Waals surface area contributed by atoms with Gasteiger partial charge in [0.15, 0.2) is 0 Å². The first-order chi connectivity index (χ1) is 8.00. The van der Waals surface area contributed by atoms with Crippen molar-refractivity contribution >= 4 is 31.3 Å². The van der Waals surface area contributed by atoms with Crippen molar-refractivity contribution in [3.8, 4) is 0 Å². The van der Waals surface area contributed by atoms with Crippen LogP contribution < -0.4 is 58.7 Å². The summed E-state index contributed by atoms with van der Waals surface area (Å²) in [5.74, 6) is 0. The summed E-state index contributed by atoms with van der Waals surface area (Å²) < 4.78 is 34.2. The molecule has 26 heteroatoms. The standard InChI is InChI=1S/3Fe.3Mn.4H3O4P/c;;;;;;4*1-5(2,3)4/h;;;;;;4*(H3,1,2,3,4)/q6*+2;;;;/p-12. The van der Waals surface area contributed by atoms with Crippen LogP contribution in [0.15, 0.2) is 0 Å². The van der Waals surface area contributed by atoms with Gasteiger partial charge in [0.1, 0.15) is 0 Å². The van der Waals surface area contributed by atoms with E-state index in [0.717, 1.165) is 0 Å². The van der Waals surface area contributed by atoms with Gasteiger partial charge in [-0.05, 0) is 0 Å². The fourth-order valence-electron chi connectivity index (χ4n) is 0. The van der Waals surface area contributed by atoms with Crippen LogP contribution in [-0.4, -0.2) is 0 Å². The van der Waals surface area contributed by atoms with Crippen molar-refractivity contribution in [2.75, 3.05) is 0 Å². The van der Waals surface area contributed by atoms with Crippen LogP contribution in [0.2, 0.25) is 0 Å². The summed E-state index contributed by atoms with van der Waals surface area (Å²) in [5.41, 5.74) is 0. The molecule has 0 bridgehead atoms. The van der Waals surface area contributed by atoms with E-state index in [9.17, 15) is 0 Å². The Morgan fingerprint density at radius 1 is 0.308 bits per heavy atom. The van der Waals surface area contributed by atoms with Crippen LogP contribution in [-0.2, 0) is 121 Å². The van der Waals surface area contributed by atoms with Gasteiger partial charge < -0.3 is 77.0 Å². The summed E-state index contributed by atoms with van der Waals surface area (Å²) in [6.45, 7) is 0. The van der Waals surface area contributed by atoms with Gasteiger partial charge in [0.25, 0.3) is 0 Å². The summed E-state index contributed by atoms with van der Waals surface area (Å²) in [7, 11) is -21.6. The van der Waals surface area contributed by atoms with Crippen molar-refractivity contribution < 1.29 is 179 Å². The second-order valence-electron chi connectivity index (χ2n) is 1.79.